The second-order valence-corrected chi connectivity index (χ2v) is 2.80. The summed E-state index contributed by atoms with van der Waals surface area (Å²) in [5.74, 6) is -0.379. The van der Waals surface area contributed by atoms with E-state index >= 15 is 0 Å². The molecule has 1 aliphatic heterocycles. The number of esters is 1. The number of carbonyl (C=O) groups is 2. The van der Waals surface area contributed by atoms with E-state index in [2.05, 4.69) is 10.1 Å². The van der Waals surface area contributed by atoms with Gasteiger partial charge in [0.2, 0.25) is 0 Å². The van der Waals surface area contributed by atoms with Crippen molar-refractivity contribution in [3.63, 3.8) is 0 Å². The summed E-state index contributed by atoms with van der Waals surface area (Å²) < 4.78 is 4.65. The van der Waals surface area contributed by atoms with E-state index in [0.717, 1.165) is 0 Å². The molecular formula is C8H13NO3. The second-order valence-electron chi connectivity index (χ2n) is 2.80. The van der Waals surface area contributed by atoms with Gasteiger partial charge in [0.05, 0.1) is 6.61 Å². The first-order valence-corrected chi connectivity index (χ1v) is 4.13. The van der Waals surface area contributed by atoms with Crippen LogP contribution in [0.2, 0.25) is 0 Å². The first kappa shape index (κ1) is 9.19. The Morgan fingerprint density at radius 3 is 2.58 bits per heavy atom. The molecule has 12 heavy (non-hydrogen) atoms. The molecule has 0 aromatic carbocycles. The van der Waals surface area contributed by atoms with Gasteiger partial charge in [-0.3, -0.25) is 9.59 Å². The molecule has 1 fully saturated rings. The highest BCUT2D eigenvalue weighted by Crippen LogP contribution is 2.07. The minimum Gasteiger partial charge on any atom is -0.466 e. The maximum absolute atomic E-state index is 11.2. The predicted octanol–water partition coefficient (Wildman–Crippen LogP) is -0.272. The molecule has 1 aliphatic rings. The van der Waals surface area contributed by atoms with Crippen LogP contribution in [0.25, 0.3) is 0 Å². The molecule has 1 N–H and O–H groups in total. The molecule has 0 saturated carbocycles. The monoisotopic (exact) mass is 171 g/mol. The minimum absolute atomic E-state index is 0.00722. The number of ether oxygens (including phenoxy) is 1. The van der Waals surface area contributed by atoms with Gasteiger partial charge in [-0.05, 0) is 6.92 Å². The topological polar surface area (TPSA) is 55.4 Å². The summed E-state index contributed by atoms with van der Waals surface area (Å²) in [6, 6.07) is 0. The van der Waals surface area contributed by atoms with E-state index in [1.54, 1.807) is 6.92 Å². The fourth-order valence-corrected chi connectivity index (χ4v) is 1.01. The van der Waals surface area contributed by atoms with E-state index in [1.165, 1.54) is 0 Å². The molecule has 0 amide bonds. The Hall–Kier alpha value is -0.900. The highest BCUT2D eigenvalue weighted by atomic mass is 16.5. The Balaban J connectivity index is 2.20. The molecule has 0 aromatic rings. The molecule has 68 valence electrons. The van der Waals surface area contributed by atoms with Crippen LogP contribution < -0.4 is 5.32 Å². The zero-order valence-electron chi connectivity index (χ0n) is 7.13. The van der Waals surface area contributed by atoms with Crippen molar-refractivity contribution in [2.45, 2.75) is 13.3 Å². The normalized spacial score (nSPS) is 16.8. The number of hydrogen-bond donors (Lipinski definition) is 1. The van der Waals surface area contributed by atoms with Crippen molar-refractivity contribution in [2.75, 3.05) is 19.7 Å². The Labute approximate surface area is 71.3 Å². The van der Waals surface area contributed by atoms with Crippen LogP contribution in [0.1, 0.15) is 13.3 Å². The van der Waals surface area contributed by atoms with Crippen molar-refractivity contribution >= 4 is 11.8 Å². The lowest BCUT2D eigenvalue weighted by atomic mass is 9.96. The molecule has 4 heteroatoms. The Bertz CT molecular complexity index is 187. The maximum atomic E-state index is 11.2. The number of ketones is 1. The quantitative estimate of drug-likeness (QED) is 0.467. The van der Waals surface area contributed by atoms with Crippen LogP contribution >= 0.6 is 0 Å². The van der Waals surface area contributed by atoms with Crippen molar-refractivity contribution in [1.29, 1.82) is 0 Å². The standard InChI is InChI=1S/C8H13NO3/c1-2-12-8(11)3-7(10)6-4-9-5-6/h6,9H,2-5H2,1H3. The Morgan fingerprint density at radius 2 is 2.17 bits per heavy atom. The van der Waals surface area contributed by atoms with E-state index in [9.17, 15) is 9.59 Å². The van der Waals surface area contributed by atoms with Gasteiger partial charge >= 0.3 is 5.97 Å². The third-order valence-electron chi connectivity index (χ3n) is 1.86. The summed E-state index contributed by atoms with van der Waals surface area (Å²) in [4.78, 5) is 22.0. The van der Waals surface area contributed by atoms with Gasteiger partial charge in [-0.2, -0.15) is 0 Å². The molecule has 1 saturated heterocycles. The van der Waals surface area contributed by atoms with E-state index in [4.69, 9.17) is 0 Å². The van der Waals surface area contributed by atoms with Crippen LogP contribution in [0.4, 0.5) is 0 Å². The van der Waals surface area contributed by atoms with Crippen molar-refractivity contribution < 1.29 is 14.3 Å². The van der Waals surface area contributed by atoms with E-state index < -0.39 is 5.97 Å². The lowest BCUT2D eigenvalue weighted by Crippen LogP contribution is -2.47. The van der Waals surface area contributed by atoms with Crippen molar-refractivity contribution in [1.82, 2.24) is 5.32 Å². The van der Waals surface area contributed by atoms with Gasteiger partial charge in [-0.25, -0.2) is 0 Å². The summed E-state index contributed by atoms with van der Waals surface area (Å²) in [7, 11) is 0. The fraction of sp³-hybridized carbons (Fsp3) is 0.750. The Morgan fingerprint density at radius 1 is 1.50 bits per heavy atom. The third-order valence-corrected chi connectivity index (χ3v) is 1.86. The molecule has 0 unspecified atom stereocenters. The molecule has 0 spiro atoms. The number of Topliss-reactive ketones (excluding diaryl/α,β-unsaturated/α-hetero) is 1. The van der Waals surface area contributed by atoms with Gasteiger partial charge in [0.1, 0.15) is 12.2 Å². The van der Waals surface area contributed by atoms with E-state index in [0.29, 0.717) is 19.7 Å². The average Bonchev–Trinajstić information content (AvgIpc) is 1.82. The molecule has 0 radical (unpaired) electrons. The van der Waals surface area contributed by atoms with Crippen LogP contribution in [-0.4, -0.2) is 31.4 Å². The largest absolute Gasteiger partial charge is 0.466 e. The highest BCUT2D eigenvalue weighted by Gasteiger charge is 2.26. The van der Waals surface area contributed by atoms with Crippen LogP contribution in [0.5, 0.6) is 0 Å². The van der Waals surface area contributed by atoms with Gasteiger partial charge in [-0.1, -0.05) is 0 Å². The third kappa shape index (κ3) is 2.30. The number of nitrogens with one attached hydrogen (secondary N) is 1. The summed E-state index contributed by atoms with van der Waals surface area (Å²) in [5, 5.41) is 2.97. The lowest BCUT2D eigenvalue weighted by Gasteiger charge is -2.25. The van der Waals surface area contributed by atoms with Crippen molar-refractivity contribution in [3.8, 4) is 0 Å². The van der Waals surface area contributed by atoms with E-state index in [-0.39, 0.29) is 18.1 Å². The van der Waals surface area contributed by atoms with Crippen molar-refractivity contribution in [3.05, 3.63) is 0 Å². The van der Waals surface area contributed by atoms with Gasteiger partial charge < -0.3 is 10.1 Å². The first-order chi connectivity index (χ1) is 5.74. The van der Waals surface area contributed by atoms with E-state index in [1.807, 2.05) is 0 Å². The first-order valence-electron chi connectivity index (χ1n) is 4.13. The number of hydrogen-bond acceptors (Lipinski definition) is 4. The smallest absolute Gasteiger partial charge is 0.313 e. The van der Waals surface area contributed by atoms with Crippen LogP contribution in [0, 0.1) is 5.92 Å². The predicted molar refractivity (Wildman–Crippen MR) is 42.6 cm³/mol. The van der Waals surface area contributed by atoms with Crippen LogP contribution in [-0.2, 0) is 14.3 Å². The SMILES string of the molecule is CCOC(=O)CC(=O)C1CNC1. The van der Waals surface area contributed by atoms with Gasteiger partial charge in [0, 0.05) is 19.0 Å². The second kappa shape index (κ2) is 4.21. The molecule has 1 heterocycles. The summed E-state index contributed by atoms with van der Waals surface area (Å²) >= 11 is 0. The number of carbonyl (C=O) groups excluding carboxylic acids is 2. The van der Waals surface area contributed by atoms with Gasteiger partial charge in [0.25, 0.3) is 0 Å². The molecule has 1 rings (SSSR count). The summed E-state index contributed by atoms with van der Waals surface area (Å²) in [5.41, 5.74) is 0. The molecular weight excluding hydrogens is 158 g/mol. The average molecular weight is 171 g/mol. The molecule has 4 nitrogen and oxygen atoms in total. The highest BCUT2D eigenvalue weighted by molar-refractivity contribution is 5.97. The molecule has 0 bridgehead atoms. The summed E-state index contributed by atoms with van der Waals surface area (Å²) in [6.45, 7) is 3.48. The lowest BCUT2D eigenvalue weighted by molar-refractivity contribution is -0.146. The summed E-state index contributed by atoms with van der Waals surface area (Å²) in [6.07, 6.45) is -0.0693. The zero-order valence-corrected chi connectivity index (χ0v) is 7.13. The van der Waals surface area contributed by atoms with Crippen LogP contribution in [0.15, 0.2) is 0 Å². The van der Waals surface area contributed by atoms with Crippen molar-refractivity contribution in [2.24, 2.45) is 5.92 Å². The minimum atomic E-state index is -0.408. The molecule has 0 aliphatic carbocycles. The molecule has 0 atom stereocenters. The molecule has 0 aromatic heterocycles. The maximum Gasteiger partial charge on any atom is 0.313 e. The fourth-order valence-electron chi connectivity index (χ4n) is 1.01. The van der Waals surface area contributed by atoms with Gasteiger partial charge in [0.15, 0.2) is 0 Å². The Kier molecular flexibility index (Phi) is 3.22. The number of rotatable bonds is 4. The van der Waals surface area contributed by atoms with Gasteiger partial charge in [-0.15, -0.1) is 0 Å². The zero-order chi connectivity index (χ0) is 8.97. The van der Waals surface area contributed by atoms with Crippen LogP contribution in [0.3, 0.4) is 0 Å².